The number of hydrogen-bond acceptors (Lipinski definition) is 4. The summed E-state index contributed by atoms with van der Waals surface area (Å²) in [6, 6.07) is 18.9. The summed E-state index contributed by atoms with van der Waals surface area (Å²) >= 11 is 0.133. The van der Waals surface area contributed by atoms with Crippen LogP contribution >= 0.6 is 0 Å². The number of nitrogens with zero attached hydrogens (tertiary/aromatic N) is 2. The van der Waals surface area contributed by atoms with Gasteiger partial charge >= 0.3 is 161 Å². The zero-order valence-corrected chi connectivity index (χ0v) is 16.8. The molecule has 6 heteroatoms. The van der Waals surface area contributed by atoms with Gasteiger partial charge in [-0.15, -0.1) is 0 Å². The van der Waals surface area contributed by atoms with Crippen molar-refractivity contribution in [2.24, 2.45) is 0 Å². The Morgan fingerprint density at radius 2 is 1.08 bits per heavy atom. The van der Waals surface area contributed by atoms with E-state index < -0.39 is 0 Å². The van der Waals surface area contributed by atoms with Gasteiger partial charge in [0.25, 0.3) is 0 Å². The number of benzene rings is 3. The number of para-hydroxylation sites is 2. The maximum absolute atomic E-state index is 10.1. The van der Waals surface area contributed by atoms with E-state index in [-0.39, 0.29) is 40.5 Å². The molecule has 2 aromatic heterocycles. The molecule has 0 unspecified atom stereocenters. The Morgan fingerprint density at radius 3 is 1.54 bits per heavy atom. The minimum absolute atomic E-state index is 0.0664. The van der Waals surface area contributed by atoms with Crippen LogP contribution in [0.3, 0.4) is 0 Å². The molecule has 5 aromatic rings. The third-order valence-corrected chi connectivity index (χ3v) is 8.58. The first kappa shape index (κ1) is 15.9. The summed E-state index contributed by atoms with van der Waals surface area (Å²) < 4.78 is 4.36. The van der Waals surface area contributed by atoms with Crippen molar-refractivity contribution >= 4 is 48.6 Å². The van der Waals surface area contributed by atoms with E-state index in [1.165, 1.54) is 8.52 Å². The molecule has 2 N–H and O–H groups in total. The molecular formula is C20H12N2O2Se2. The van der Waals surface area contributed by atoms with E-state index in [0.717, 1.165) is 31.3 Å². The van der Waals surface area contributed by atoms with Crippen LogP contribution in [0, 0.1) is 0 Å². The minimum atomic E-state index is 0.0664. The molecule has 0 spiro atoms. The van der Waals surface area contributed by atoms with Crippen LogP contribution in [0.25, 0.3) is 39.8 Å². The Hall–Kier alpha value is -2.36. The molecule has 2 heterocycles. The maximum atomic E-state index is 10.1. The molecule has 26 heavy (non-hydrogen) atoms. The van der Waals surface area contributed by atoms with Crippen LogP contribution in [0.1, 0.15) is 0 Å². The van der Waals surface area contributed by atoms with Crippen LogP contribution < -0.4 is 0 Å². The Balaban J connectivity index is 1.66. The zero-order chi connectivity index (χ0) is 17.7. The van der Waals surface area contributed by atoms with Crippen molar-refractivity contribution in [1.82, 2.24) is 9.97 Å². The third-order valence-electron chi connectivity index (χ3n) is 4.17. The predicted molar refractivity (Wildman–Crippen MR) is 105 cm³/mol. The van der Waals surface area contributed by atoms with Crippen molar-refractivity contribution in [2.75, 3.05) is 0 Å². The fourth-order valence-electron chi connectivity index (χ4n) is 2.89. The molecule has 0 amide bonds. The average molecular weight is 470 g/mol. The molecule has 3 aromatic carbocycles. The van der Waals surface area contributed by atoms with Crippen LogP contribution in [0.2, 0.25) is 0 Å². The van der Waals surface area contributed by atoms with E-state index in [1.54, 1.807) is 12.1 Å². The van der Waals surface area contributed by atoms with Gasteiger partial charge in [-0.1, -0.05) is 0 Å². The number of aromatic hydroxyl groups is 2. The second-order valence-corrected chi connectivity index (χ2v) is 10.2. The zero-order valence-electron chi connectivity index (χ0n) is 13.4. The van der Waals surface area contributed by atoms with E-state index in [0.29, 0.717) is 0 Å². The molecule has 0 radical (unpaired) electrons. The van der Waals surface area contributed by atoms with Gasteiger partial charge in [-0.2, -0.15) is 0 Å². The van der Waals surface area contributed by atoms with E-state index in [9.17, 15) is 10.2 Å². The van der Waals surface area contributed by atoms with E-state index >= 15 is 0 Å². The first-order valence-electron chi connectivity index (χ1n) is 7.97. The topological polar surface area (TPSA) is 66.2 Å². The molecule has 0 bridgehead atoms. The average Bonchev–Trinajstić information content (AvgIpc) is 3.23. The summed E-state index contributed by atoms with van der Waals surface area (Å²) in [6.45, 7) is 0. The molecule has 0 aliphatic rings. The monoisotopic (exact) mass is 472 g/mol. The Bertz CT molecular complexity index is 1130. The summed E-state index contributed by atoms with van der Waals surface area (Å²) in [5, 5.41) is 20.2. The number of fused-ring (bicyclic) bond motifs is 2. The molecule has 0 aliphatic carbocycles. The molecule has 4 nitrogen and oxygen atoms in total. The van der Waals surface area contributed by atoms with Gasteiger partial charge in [-0.25, -0.2) is 0 Å². The van der Waals surface area contributed by atoms with Crippen LogP contribution in [0.5, 0.6) is 11.5 Å². The van der Waals surface area contributed by atoms with E-state index in [1.807, 2.05) is 42.5 Å². The summed E-state index contributed by atoms with van der Waals surface area (Å²) in [6.07, 6.45) is 0. The summed E-state index contributed by atoms with van der Waals surface area (Å²) in [5.41, 5.74) is 3.51. The molecule has 126 valence electrons. The van der Waals surface area contributed by atoms with Gasteiger partial charge in [0.05, 0.1) is 0 Å². The fraction of sp³-hybridized carbons (Fsp3) is 0. The van der Waals surface area contributed by atoms with Crippen LogP contribution in [-0.4, -0.2) is 49.2 Å². The van der Waals surface area contributed by atoms with Crippen LogP contribution in [-0.2, 0) is 0 Å². The van der Waals surface area contributed by atoms with Gasteiger partial charge in [0.1, 0.15) is 0 Å². The standard InChI is InChI=1S/C20H12N2O2Se2/c23-15-7-3-1-5-11(15)19-21-13-9-14-18(10-17(13)25-19)26-20(22-14)12-6-2-4-8-16(12)24/h1-10,23-24H. The van der Waals surface area contributed by atoms with E-state index in [2.05, 4.69) is 6.07 Å². The number of rotatable bonds is 2. The van der Waals surface area contributed by atoms with Crippen LogP contribution in [0.15, 0.2) is 60.7 Å². The Morgan fingerprint density at radius 1 is 0.615 bits per heavy atom. The van der Waals surface area contributed by atoms with Crippen molar-refractivity contribution in [2.45, 2.75) is 0 Å². The molecule has 0 aliphatic heterocycles. The Labute approximate surface area is 160 Å². The molecule has 0 atom stereocenters. The van der Waals surface area contributed by atoms with Crippen molar-refractivity contribution in [3.63, 3.8) is 0 Å². The SMILES string of the molecule is Oc1ccccc1-c1nc2cc3nc(-c4ccccc4O)[se]c3cc2[se]1. The number of phenolic OH excluding ortho intramolecular Hbond substituents is 2. The third kappa shape index (κ3) is 2.59. The van der Waals surface area contributed by atoms with Gasteiger partial charge in [0, 0.05) is 0 Å². The van der Waals surface area contributed by atoms with Crippen molar-refractivity contribution in [3.05, 3.63) is 60.7 Å². The predicted octanol–water partition coefficient (Wildman–Crippen LogP) is 3.64. The molecular weight excluding hydrogens is 458 g/mol. The van der Waals surface area contributed by atoms with Crippen molar-refractivity contribution in [3.8, 4) is 31.8 Å². The normalized spacial score (nSPS) is 11.4. The first-order chi connectivity index (χ1) is 12.7. The second-order valence-electron chi connectivity index (χ2n) is 5.86. The summed E-state index contributed by atoms with van der Waals surface area (Å²) in [5.74, 6) is 0.551. The first-order valence-corrected chi connectivity index (χ1v) is 11.4. The number of aromatic nitrogens is 2. The quantitative estimate of drug-likeness (QED) is 0.387. The molecule has 0 saturated carbocycles. The molecule has 5 rings (SSSR count). The van der Waals surface area contributed by atoms with E-state index in [4.69, 9.17) is 9.97 Å². The molecule has 0 saturated heterocycles. The number of hydrogen-bond donors (Lipinski definition) is 2. The van der Waals surface area contributed by atoms with Gasteiger partial charge in [0.2, 0.25) is 0 Å². The molecule has 0 fully saturated rings. The van der Waals surface area contributed by atoms with Crippen molar-refractivity contribution in [1.29, 1.82) is 0 Å². The summed E-state index contributed by atoms with van der Waals surface area (Å²) in [7, 11) is 0. The van der Waals surface area contributed by atoms with Gasteiger partial charge < -0.3 is 0 Å². The van der Waals surface area contributed by atoms with Gasteiger partial charge in [-0.3, -0.25) is 0 Å². The van der Waals surface area contributed by atoms with Gasteiger partial charge in [-0.05, 0) is 0 Å². The fourth-order valence-corrected chi connectivity index (χ4v) is 7.55. The van der Waals surface area contributed by atoms with Gasteiger partial charge in [0.15, 0.2) is 0 Å². The van der Waals surface area contributed by atoms with Crippen LogP contribution in [0.4, 0.5) is 0 Å². The number of phenols is 2. The Kier molecular flexibility index (Phi) is 3.73. The van der Waals surface area contributed by atoms with Crippen molar-refractivity contribution < 1.29 is 10.2 Å². The summed E-state index contributed by atoms with van der Waals surface area (Å²) in [4.78, 5) is 9.50. The second kappa shape index (κ2) is 6.11.